The number of benzene rings is 1. The number of halogens is 1. The van der Waals surface area contributed by atoms with Crippen molar-refractivity contribution in [3.63, 3.8) is 0 Å². The zero-order valence-corrected chi connectivity index (χ0v) is 11.2. The van der Waals surface area contributed by atoms with Crippen LogP contribution in [0.3, 0.4) is 0 Å². The van der Waals surface area contributed by atoms with Gasteiger partial charge in [0.2, 0.25) is 0 Å². The van der Waals surface area contributed by atoms with Gasteiger partial charge < -0.3 is 4.74 Å². The summed E-state index contributed by atoms with van der Waals surface area (Å²) >= 11 is 3.36. The first-order chi connectivity index (χ1) is 7.13. The van der Waals surface area contributed by atoms with Crippen LogP contribution in [0.4, 0.5) is 0 Å². The molecule has 3 heteroatoms. The monoisotopic (exact) mass is 272 g/mol. The number of hydrogen-bond donors (Lipinski definition) is 0. The minimum atomic E-state index is -0.207. The van der Waals surface area contributed by atoms with Gasteiger partial charge in [-0.05, 0) is 30.2 Å². The number of ether oxygens (including phenoxy) is 1. The van der Waals surface area contributed by atoms with Crippen molar-refractivity contribution in [2.75, 3.05) is 7.11 Å². The van der Waals surface area contributed by atoms with Crippen molar-refractivity contribution in [2.24, 2.45) is 0 Å². The summed E-state index contributed by atoms with van der Waals surface area (Å²) in [5, 5.41) is 0. The smallest absolute Gasteiger partial charge is 0.309 e. The molecule has 0 atom stereocenters. The molecule has 0 saturated heterocycles. The van der Waals surface area contributed by atoms with Crippen molar-refractivity contribution in [3.05, 3.63) is 33.8 Å². The van der Waals surface area contributed by atoms with Crippen LogP contribution in [0.15, 0.2) is 22.7 Å². The van der Waals surface area contributed by atoms with Gasteiger partial charge in [0, 0.05) is 4.47 Å². The molecule has 0 bridgehead atoms. The van der Waals surface area contributed by atoms with E-state index in [9.17, 15) is 4.79 Å². The van der Waals surface area contributed by atoms with Crippen molar-refractivity contribution >= 4 is 21.9 Å². The van der Waals surface area contributed by atoms with E-state index in [2.05, 4.69) is 20.7 Å². The van der Waals surface area contributed by atoms with Crippen LogP contribution in [-0.4, -0.2) is 13.1 Å². The molecule has 0 spiro atoms. The Bertz CT molecular complexity index is 321. The Balaban J connectivity index is 0.000000921. The molecule has 2 nitrogen and oxygen atoms in total. The fourth-order valence-electron chi connectivity index (χ4n) is 1.06. The minimum absolute atomic E-state index is 0.207. The Labute approximate surface area is 99.8 Å². The van der Waals surface area contributed by atoms with E-state index < -0.39 is 0 Å². The van der Waals surface area contributed by atoms with E-state index in [1.54, 1.807) is 0 Å². The Kier molecular flexibility index (Phi) is 7.05. The van der Waals surface area contributed by atoms with Crippen LogP contribution in [0, 0.1) is 6.92 Å². The third kappa shape index (κ3) is 4.98. The van der Waals surface area contributed by atoms with Crippen molar-refractivity contribution in [3.8, 4) is 0 Å². The summed E-state index contributed by atoms with van der Waals surface area (Å²) in [5.74, 6) is -0.207. The van der Waals surface area contributed by atoms with Gasteiger partial charge in [0.15, 0.2) is 0 Å². The Morgan fingerprint density at radius 1 is 1.40 bits per heavy atom. The maximum absolute atomic E-state index is 11.0. The lowest BCUT2D eigenvalue weighted by Gasteiger charge is -2.04. The lowest BCUT2D eigenvalue weighted by molar-refractivity contribution is -0.139. The lowest BCUT2D eigenvalue weighted by atomic mass is 10.1. The fourth-order valence-corrected chi connectivity index (χ4v) is 1.47. The molecule has 0 saturated carbocycles. The summed E-state index contributed by atoms with van der Waals surface area (Å²) < 4.78 is 5.58. The molecule has 0 aliphatic heterocycles. The van der Waals surface area contributed by atoms with Gasteiger partial charge in [0.25, 0.3) is 0 Å². The Hall–Kier alpha value is -0.830. The number of esters is 1. The van der Waals surface area contributed by atoms with Crippen LogP contribution >= 0.6 is 15.9 Å². The summed E-state index contributed by atoms with van der Waals surface area (Å²) in [6, 6.07) is 5.87. The second kappa shape index (κ2) is 7.46. The van der Waals surface area contributed by atoms with Crippen LogP contribution < -0.4 is 0 Å². The first-order valence-corrected chi connectivity index (χ1v) is 5.74. The maximum atomic E-state index is 11.0. The second-order valence-electron chi connectivity index (χ2n) is 2.82. The van der Waals surface area contributed by atoms with Crippen LogP contribution in [0.25, 0.3) is 0 Å². The number of aryl methyl sites for hydroxylation is 1. The topological polar surface area (TPSA) is 26.3 Å². The average Bonchev–Trinajstić information content (AvgIpc) is 2.26. The number of carbonyl (C=O) groups excluding carboxylic acids is 1. The van der Waals surface area contributed by atoms with Gasteiger partial charge in [-0.15, -0.1) is 0 Å². The largest absolute Gasteiger partial charge is 0.469 e. The highest BCUT2D eigenvalue weighted by Gasteiger charge is 2.05. The lowest BCUT2D eigenvalue weighted by Crippen LogP contribution is -2.05. The highest BCUT2D eigenvalue weighted by atomic mass is 79.9. The van der Waals surface area contributed by atoms with Gasteiger partial charge in [0.1, 0.15) is 0 Å². The molecule has 0 aromatic heterocycles. The van der Waals surface area contributed by atoms with Gasteiger partial charge in [-0.1, -0.05) is 35.8 Å². The molecule has 0 amide bonds. The third-order valence-electron chi connectivity index (χ3n) is 1.87. The van der Waals surface area contributed by atoms with Crippen molar-refractivity contribution in [2.45, 2.75) is 27.2 Å². The van der Waals surface area contributed by atoms with E-state index in [-0.39, 0.29) is 5.97 Å². The highest BCUT2D eigenvalue weighted by Crippen LogP contribution is 2.16. The van der Waals surface area contributed by atoms with E-state index in [1.165, 1.54) is 7.11 Å². The highest BCUT2D eigenvalue weighted by molar-refractivity contribution is 9.10. The van der Waals surface area contributed by atoms with Gasteiger partial charge in [-0.3, -0.25) is 4.79 Å². The third-order valence-corrected chi connectivity index (χ3v) is 2.37. The van der Waals surface area contributed by atoms with E-state index in [4.69, 9.17) is 0 Å². The maximum Gasteiger partial charge on any atom is 0.309 e. The number of hydrogen-bond acceptors (Lipinski definition) is 2. The standard InChI is InChI=1S/C10H11BrO2.C2H6/c1-7-3-4-9(11)5-8(7)6-10(12)13-2;1-2/h3-5H,6H2,1-2H3;1-2H3. The quantitative estimate of drug-likeness (QED) is 0.771. The summed E-state index contributed by atoms with van der Waals surface area (Å²) in [5.41, 5.74) is 2.11. The molecule has 0 heterocycles. The van der Waals surface area contributed by atoms with E-state index in [1.807, 2.05) is 39.0 Å². The first kappa shape index (κ1) is 14.2. The van der Waals surface area contributed by atoms with E-state index in [0.29, 0.717) is 6.42 Å². The van der Waals surface area contributed by atoms with Gasteiger partial charge in [0.05, 0.1) is 13.5 Å². The molecule has 0 radical (unpaired) electrons. The van der Waals surface area contributed by atoms with E-state index >= 15 is 0 Å². The molecule has 0 aliphatic carbocycles. The molecule has 1 rings (SSSR count). The summed E-state index contributed by atoms with van der Waals surface area (Å²) in [4.78, 5) is 11.0. The fraction of sp³-hybridized carbons (Fsp3) is 0.417. The zero-order chi connectivity index (χ0) is 11.8. The predicted molar refractivity (Wildman–Crippen MR) is 65.9 cm³/mol. The zero-order valence-electron chi connectivity index (χ0n) is 9.63. The van der Waals surface area contributed by atoms with Crippen LogP contribution in [0.2, 0.25) is 0 Å². The molecule has 15 heavy (non-hydrogen) atoms. The van der Waals surface area contributed by atoms with Gasteiger partial charge >= 0.3 is 5.97 Å². The molecule has 84 valence electrons. The number of rotatable bonds is 2. The van der Waals surface area contributed by atoms with E-state index in [0.717, 1.165) is 15.6 Å². The molecule has 0 fully saturated rings. The van der Waals surface area contributed by atoms with Crippen LogP contribution in [0.5, 0.6) is 0 Å². The molecule has 1 aromatic carbocycles. The Morgan fingerprint density at radius 2 is 2.00 bits per heavy atom. The minimum Gasteiger partial charge on any atom is -0.469 e. The summed E-state index contributed by atoms with van der Waals surface area (Å²) in [6.45, 7) is 5.98. The van der Waals surface area contributed by atoms with Crippen molar-refractivity contribution in [1.82, 2.24) is 0 Å². The summed E-state index contributed by atoms with van der Waals surface area (Å²) in [6.07, 6.45) is 0.335. The van der Waals surface area contributed by atoms with Crippen molar-refractivity contribution in [1.29, 1.82) is 0 Å². The average molecular weight is 273 g/mol. The molecule has 1 aromatic rings. The SMILES string of the molecule is CC.COC(=O)Cc1cc(Br)ccc1C. The molecule has 0 N–H and O–H groups in total. The predicted octanol–water partition coefficient (Wildman–Crippen LogP) is 3.50. The molecule has 0 unspecified atom stereocenters. The molecular weight excluding hydrogens is 256 g/mol. The Morgan fingerprint density at radius 3 is 2.53 bits per heavy atom. The van der Waals surface area contributed by atoms with Gasteiger partial charge in [-0.25, -0.2) is 0 Å². The molecule has 0 aliphatic rings. The van der Waals surface area contributed by atoms with Crippen LogP contribution in [0.1, 0.15) is 25.0 Å². The first-order valence-electron chi connectivity index (χ1n) is 4.95. The normalized spacial score (nSPS) is 8.87. The second-order valence-corrected chi connectivity index (χ2v) is 3.74. The summed E-state index contributed by atoms with van der Waals surface area (Å²) in [7, 11) is 1.40. The number of methoxy groups -OCH3 is 1. The van der Waals surface area contributed by atoms with Gasteiger partial charge in [-0.2, -0.15) is 0 Å². The number of carbonyl (C=O) groups is 1. The molecular formula is C12H17BrO2. The van der Waals surface area contributed by atoms with Crippen LogP contribution in [-0.2, 0) is 16.0 Å². The van der Waals surface area contributed by atoms with Crippen molar-refractivity contribution < 1.29 is 9.53 Å².